The molecule has 0 spiro atoms. The molecule has 1 rings (SSSR count). The van der Waals surface area contributed by atoms with Crippen molar-refractivity contribution in [3.8, 4) is 0 Å². The van der Waals surface area contributed by atoms with Crippen LogP contribution in [0.15, 0.2) is 0 Å². The van der Waals surface area contributed by atoms with Gasteiger partial charge in [0.1, 0.15) is 0 Å². The number of rotatable bonds is 14. The van der Waals surface area contributed by atoms with E-state index in [-0.39, 0.29) is 44.2 Å². The maximum atomic E-state index is 12.5. The third kappa shape index (κ3) is 10.0. The predicted octanol–water partition coefficient (Wildman–Crippen LogP) is 0.00530. The second-order valence-corrected chi connectivity index (χ2v) is 8.70. The Balaban J connectivity index is 2.31. The summed E-state index contributed by atoms with van der Waals surface area (Å²) in [6.07, 6.45) is 7.08. The molecular formula is C18H34N2O7P-. The first-order valence-corrected chi connectivity index (χ1v) is 11.6. The molecule has 0 bridgehead atoms. The van der Waals surface area contributed by atoms with Gasteiger partial charge in [0.2, 0.25) is 11.8 Å². The van der Waals surface area contributed by atoms with Crippen LogP contribution in [0.25, 0.3) is 0 Å². The molecule has 0 aromatic rings. The van der Waals surface area contributed by atoms with Crippen molar-refractivity contribution in [2.24, 2.45) is 0 Å². The Labute approximate surface area is 167 Å². The van der Waals surface area contributed by atoms with E-state index in [0.717, 1.165) is 19.3 Å². The Morgan fingerprint density at radius 1 is 1.29 bits per heavy atom. The highest BCUT2D eigenvalue weighted by atomic mass is 31.2. The van der Waals surface area contributed by atoms with Gasteiger partial charge in [0.05, 0.1) is 32.0 Å². The fourth-order valence-corrected chi connectivity index (χ4v) is 3.87. The second-order valence-electron chi connectivity index (χ2n) is 6.96. The highest BCUT2D eigenvalue weighted by Gasteiger charge is 2.34. The van der Waals surface area contributed by atoms with Crippen LogP contribution in [0.4, 0.5) is 0 Å². The Morgan fingerprint density at radius 3 is 2.71 bits per heavy atom. The number of carbonyl (C=O) groups excluding carboxylic acids is 2. The van der Waals surface area contributed by atoms with Gasteiger partial charge in [0.25, 0.3) is 0 Å². The smallest absolute Gasteiger partial charge is 0.222 e. The highest BCUT2D eigenvalue weighted by Crippen LogP contribution is 2.38. The molecule has 28 heavy (non-hydrogen) atoms. The molecule has 1 heterocycles. The minimum absolute atomic E-state index is 0.0432. The van der Waals surface area contributed by atoms with Crippen LogP contribution in [0.5, 0.6) is 0 Å². The summed E-state index contributed by atoms with van der Waals surface area (Å²) in [6.45, 7) is 2.31. The maximum Gasteiger partial charge on any atom is 0.222 e. The molecule has 1 unspecified atom stereocenters. The van der Waals surface area contributed by atoms with E-state index in [2.05, 4.69) is 11.6 Å². The summed E-state index contributed by atoms with van der Waals surface area (Å²) in [5, 5.41) is 21.4. The molecule has 0 saturated carbocycles. The van der Waals surface area contributed by atoms with Crippen molar-refractivity contribution in [3.05, 3.63) is 0 Å². The molecule has 3 atom stereocenters. The Morgan fingerprint density at radius 2 is 2.04 bits per heavy atom. The van der Waals surface area contributed by atoms with Crippen LogP contribution in [-0.2, 0) is 18.6 Å². The van der Waals surface area contributed by atoms with E-state index in [4.69, 9.17) is 14.2 Å². The van der Waals surface area contributed by atoms with Gasteiger partial charge in [-0.3, -0.25) is 9.59 Å². The lowest BCUT2D eigenvalue weighted by atomic mass is 10.1. The number of unbranched alkanes of at least 4 members (excludes halogenated alkanes) is 2. The molecule has 1 saturated heterocycles. The quantitative estimate of drug-likeness (QED) is 0.266. The normalized spacial score (nSPS) is 21.5. The Kier molecular flexibility index (Phi) is 11.9. The summed E-state index contributed by atoms with van der Waals surface area (Å²) < 4.78 is 10.1. The van der Waals surface area contributed by atoms with Crippen molar-refractivity contribution in [3.63, 3.8) is 0 Å². The van der Waals surface area contributed by atoms with E-state index in [0.29, 0.717) is 32.2 Å². The van der Waals surface area contributed by atoms with E-state index in [1.807, 2.05) is 6.92 Å². The molecule has 9 nitrogen and oxygen atoms in total. The average molecular weight is 421 g/mol. The average Bonchev–Trinajstić information content (AvgIpc) is 3.02. The molecule has 2 amide bonds. The minimum Gasteiger partial charge on any atom is -0.789 e. The lowest BCUT2D eigenvalue weighted by Crippen LogP contribution is -2.38. The number of aliphatic hydroxyl groups is 2. The number of nitrogens with one attached hydrogen (secondary N) is 1. The number of likely N-dealkylation sites (tertiary alicyclic amines) is 1. The lowest BCUT2D eigenvalue weighted by Gasteiger charge is -2.33. The van der Waals surface area contributed by atoms with Gasteiger partial charge in [0, 0.05) is 33.5 Å². The first-order chi connectivity index (χ1) is 13.3. The first-order valence-electron chi connectivity index (χ1n) is 9.87. The van der Waals surface area contributed by atoms with Crippen LogP contribution in [0.3, 0.4) is 0 Å². The third-order valence-corrected chi connectivity index (χ3v) is 5.54. The van der Waals surface area contributed by atoms with Crippen LogP contribution in [0.1, 0.15) is 51.9 Å². The summed E-state index contributed by atoms with van der Waals surface area (Å²) in [6, 6.07) is -0.386. The van der Waals surface area contributed by atoms with Gasteiger partial charge in [-0.25, -0.2) is 0 Å². The molecule has 3 N–H and O–H groups in total. The number of nitrogens with zero attached hydrogens (tertiary/aromatic N) is 1. The summed E-state index contributed by atoms with van der Waals surface area (Å²) in [7, 11) is -3.55. The Hall–Kier alpha value is -0.960. The van der Waals surface area contributed by atoms with E-state index in [1.165, 1.54) is 0 Å². The Bertz CT molecular complexity index is 532. The van der Waals surface area contributed by atoms with Crippen molar-refractivity contribution in [1.82, 2.24) is 10.2 Å². The zero-order chi connectivity index (χ0) is 21.0. The van der Waals surface area contributed by atoms with Crippen molar-refractivity contribution < 1.29 is 33.7 Å². The monoisotopic (exact) mass is 421 g/mol. The fourth-order valence-electron chi connectivity index (χ4n) is 3.04. The van der Waals surface area contributed by atoms with Gasteiger partial charge in [-0.1, -0.05) is 19.6 Å². The SMILES string of the molecule is C=P([O-])(OCCO)OC[C@@H]1C[C@@H](O)CN1C(=O)CCCCCNC(=O)CCC. The second kappa shape index (κ2) is 13.3. The molecule has 0 aromatic heterocycles. The number of aliphatic hydroxyl groups excluding tert-OH is 2. The van der Waals surface area contributed by atoms with Crippen LogP contribution in [0.2, 0.25) is 0 Å². The van der Waals surface area contributed by atoms with Gasteiger partial charge < -0.3 is 34.4 Å². The van der Waals surface area contributed by atoms with Gasteiger partial charge in [-0.05, 0) is 25.7 Å². The lowest BCUT2D eigenvalue weighted by molar-refractivity contribution is -0.209. The largest absolute Gasteiger partial charge is 0.789 e. The van der Waals surface area contributed by atoms with Crippen LogP contribution < -0.4 is 10.2 Å². The van der Waals surface area contributed by atoms with E-state index < -0.39 is 13.7 Å². The number of carbonyl (C=O) groups is 2. The summed E-state index contributed by atoms with van der Waals surface area (Å²) >= 11 is 0. The van der Waals surface area contributed by atoms with Crippen LogP contribution in [0, 0.1) is 0 Å². The van der Waals surface area contributed by atoms with Gasteiger partial charge in [-0.15, -0.1) is 0 Å². The first kappa shape index (κ1) is 25.1. The molecule has 1 aliphatic heterocycles. The number of hydrogen-bond donors (Lipinski definition) is 3. The number of amides is 2. The van der Waals surface area contributed by atoms with Crippen molar-refractivity contribution >= 4 is 25.7 Å². The zero-order valence-electron chi connectivity index (χ0n) is 16.7. The van der Waals surface area contributed by atoms with Crippen molar-refractivity contribution in [1.29, 1.82) is 0 Å². The third-order valence-electron chi connectivity index (χ3n) is 4.42. The molecule has 1 aliphatic rings. The molecular weight excluding hydrogens is 387 g/mol. The zero-order valence-corrected chi connectivity index (χ0v) is 17.6. The molecule has 0 aromatic carbocycles. The number of hydrogen-bond acceptors (Lipinski definition) is 7. The van der Waals surface area contributed by atoms with Crippen molar-refractivity contribution in [2.75, 3.05) is 32.9 Å². The molecule has 1 fully saturated rings. The molecule has 164 valence electrons. The van der Waals surface area contributed by atoms with E-state index >= 15 is 0 Å². The number of β-amino-alcohol motifs (C(OH)–C–C–N with tert-alkyl or cyclic N) is 1. The standard InChI is InChI=1S/C18H34N2O7P/c1-3-7-17(23)19-9-6-4-5-8-18(24)20-13-16(22)12-15(20)14-27-28(2,25)26-11-10-21/h15-16,21-22H,2-14H2,1H3,(H-,19,23,25)/q-1/t15-,16+,28?/m0/s1. The summed E-state index contributed by atoms with van der Waals surface area (Å²) in [5.74, 6) is -0.0338. The van der Waals surface area contributed by atoms with Gasteiger partial charge in [-0.2, -0.15) is 0 Å². The topological polar surface area (TPSA) is 131 Å². The minimum atomic E-state index is -3.55. The van der Waals surface area contributed by atoms with Crippen LogP contribution in [-0.4, -0.2) is 78.3 Å². The molecule has 0 aliphatic carbocycles. The molecule has 0 radical (unpaired) electrons. The van der Waals surface area contributed by atoms with Crippen LogP contribution >= 0.6 is 7.57 Å². The van der Waals surface area contributed by atoms with Crippen molar-refractivity contribution in [2.45, 2.75) is 64.0 Å². The molecule has 10 heteroatoms. The van der Waals surface area contributed by atoms with E-state index in [9.17, 15) is 19.6 Å². The maximum absolute atomic E-state index is 12.5. The summed E-state index contributed by atoms with van der Waals surface area (Å²) in [4.78, 5) is 37.4. The van der Waals surface area contributed by atoms with Gasteiger partial charge >= 0.3 is 0 Å². The predicted molar refractivity (Wildman–Crippen MR) is 106 cm³/mol. The van der Waals surface area contributed by atoms with E-state index in [1.54, 1.807) is 4.90 Å². The van der Waals surface area contributed by atoms with Gasteiger partial charge in [0.15, 0.2) is 0 Å². The fraction of sp³-hybridized carbons (Fsp3) is 0.833. The highest BCUT2D eigenvalue weighted by molar-refractivity contribution is 7.57. The summed E-state index contributed by atoms with van der Waals surface area (Å²) in [5.41, 5.74) is 0.